The quantitative estimate of drug-likeness (QED) is 0.254. The summed E-state index contributed by atoms with van der Waals surface area (Å²) < 4.78 is 19.7. The molecule has 4 N–H and O–H groups in total. The Bertz CT molecular complexity index is 1160. The van der Waals surface area contributed by atoms with Crippen molar-refractivity contribution in [3.8, 4) is 11.1 Å². The summed E-state index contributed by atoms with van der Waals surface area (Å²) in [6.07, 6.45) is 2.04. The highest BCUT2D eigenvalue weighted by molar-refractivity contribution is 6.30. The minimum atomic E-state index is -1.30. The lowest BCUT2D eigenvalue weighted by Crippen LogP contribution is -2.44. The number of amides is 1. The summed E-state index contributed by atoms with van der Waals surface area (Å²) in [5, 5.41) is 31.8. The second kappa shape index (κ2) is 12.6. The van der Waals surface area contributed by atoms with Crippen molar-refractivity contribution in [3.05, 3.63) is 70.8 Å². The SMILES string of the molecule is C[C@@](COCCCO)(C[C@@H](Cc1ccc(-c2cc(Cl)ccc2F)cc1)NC(=O)c1cnn[nH]1)C(=O)O. The van der Waals surface area contributed by atoms with E-state index in [4.69, 9.17) is 21.4 Å². The molecule has 0 unspecified atom stereocenters. The molecule has 1 aromatic heterocycles. The van der Waals surface area contributed by atoms with Gasteiger partial charge in [0.05, 0.1) is 18.2 Å². The Balaban J connectivity index is 1.80. The maximum atomic E-state index is 14.3. The number of carbonyl (C=O) groups is 2. The van der Waals surface area contributed by atoms with E-state index in [0.717, 1.165) is 5.56 Å². The predicted molar refractivity (Wildman–Crippen MR) is 131 cm³/mol. The summed E-state index contributed by atoms with van der Waals surface area (Å²) in [5.74, 6) is -1.94. The van der Waals surface area contributed by atoms with Crippen molar-refractivity contribution in [2.75, 3.05) is 19.8 Å². The van der Waals surface area contributed by atoms with E-state index in [1.807, 2.05) is 0 Å². The number of aliphatic carboxylic acids is 1. The zero-order valence-electron chi connectivity index (χ0n) is 19.7. The van der Waals surface area contributed by atoms with E-state index in [0.29, 0.717) is 29.0 Å². The summed E-state index contributed by atoms with van der Waals surface area (Å²) in [6, 6.07) is 10.8. The van der Waals surface area contributed by atoms with Crippen molar-refractivity contribution < 1.29 is 28.9 Å². The Labute approximate surface area is 212 Å². The standard InChI is InChI=1S/C25H28ClFN4O5/c1-25(24(34)35,15-36-10-2-9-32)13-19(29-23(33)22-14-28-31-30-22)11-16-3-5-17(6-4-16)20-12-18(26)7-8-21(20)27/h3-8,12,14,19,32H,2,9-11,13,15H2,1H3,(H,29,33)(H,34,35)(H,28,30,31)/t19-,25+/m1/s1. The fourth-order valence-corrected chi connectivity index (χ4v) is 3.96. The van der Waals surface area contributed by atoms with Crippen molar-refractivity contribution in [3.63, 3.8) is 0 Å². The van der Waals surface area contributed by atoms with Crippen LogP contribution in [0.15, 0.2) is 48.7 Å². The lowest BCUT2D eigenvalue weighted by molar-refractivity contribution is -0.152. The number of hydrogen-bond acceptors (Lipinski definition) is 6. The third-order valence-electron chi connectivity index (χ3n) is 5.75. The van der Waals surface area contributed by atoms with Gasteiger partial charge in [0, 0.05) is 29.8 Å². The van der Waals surface area contributed by atoms with Crippen LogP contribution in [0.4, 0.5) is 4.39 Å². The second-order valence-corrected chi connectivity index (χ2v) is 9.20. The van der Waals surface area contributed by atoms with Crippen molar-refractivity contribution in [2.45, 2.75) is 32.2 Å². The first-order chi connectivity index (χ1) is 17.2. The molecule has 3 rings (SSSR count). The highest BCUT2D eigenvalue weighted by Crippen LogP contribution is 2.29. The van der Waals surface area contributed by atoms with Gasteiger partial charge in [0.1, 0.15) is 11.5 Å². The number of carboxylic acids is 1. The largest absolute Gasteiger partial charge is 0.481 e. The maximum Gasteiger partial charge on any atom is 0.311 e. The number of hydrogen-bond donors (Lipinski definition) is 4. The van der Waals surface area contributed by atoms with E-state index < -0.39 is 29.2 Å². The Morgan fingerprint density at radius 1 is 1.25 bits per heavy atom. The molecule has 0 aliphatic rings. The van der Waals surface area contributed by atoms with Gasteiger partial charge in [-0.3, -0.25) is 14.7 Å². The molecule has 3 aromatic rings. The van der Waals surface area contributed by atoms with Gasteiger partial charge in [-0.25, -0.2) is 4.39 Å². The topological polar surface area (TPSA) is 137 Å². The molecule has 1 amide bonds. The summed E-state index contributed by atoms with van der Waals surface area (Å²) in [4.78, 5) is 24.8. The summed E-state index contributed by atoms with van der Waals surface area (Å²) in [5.41, 5.74) is 0.648. The molecule has 0 radical (unpaired) electrons. The molecule has 11 heteroatoms. The fourth-order valence-electron chi connectivity index (χ4n) is 3.78. The third-order valence-corrected chi connectivity index (χ3v) is 5.99. The maximum absolute atomic E-state index is 14.3. The number of carboxylic acid groups (broad SMARTS) is 1. The van der Waals surface area contributed by atoms with Gasteiger partial charge in [0.25, 0.3) is 5.91 Å². The monoisotopic (exact) mass is 518 g/mol. The fraction of sp³-hybridized carbons (Fsp3) is 0.360. The second-order valence-electron chi connectivity index (χ2n) is 8.77. The number of benzene rings is 2. The highest BCUT2D eigenvalue weighted by atomic mass is 35.5. The van der Waals surface area contributed by atoms with Crippen molar-refractivity contribution in [2.24, 2.45) is 5.41 Å². The van der Waals surface area contributed by atoms with Gasteiger partial charge < -0.3 is 20.3 Å². The molecule has 2 aromatic carbocycles. The molecular weight excluding hydrogens is 491 g/mol. The number of aliphatic hydroxyl groups excluding tert-OH is 1. The normalized spacial score (nSPS) is 13.7. The lowest BCUT2D eigenvalue weighted by Gasteiger charge is -2.30. The zero-order chi connectivity index (χ0) is 26.1. The van der Waals surface area contributed by atoms with Crippen molar-refractivity contribution in [1.29, 1.82) is 0 Å². The number of nitrogens with one attached hydrogen (secondary N) is 2. The molecule has 0 fully saturated rings. The molecule has 1 heterocycles. The summed E-state index contributed by atoms with van der Waals surface area (Å²) >= 11 is 6.01. The first-order valence-electron chi connectivity index (χ1n) is 11.3. The molecular formula is C25H28ClFN4O5. The summed E-state index contributed by atoms with van der Waals surface area (Å²) in [7, 11) is 0. The molecule has 0 aliphatic carbocycles. The zero-order valence-corrected chi connectivity index (χ0v) is 20.5. The van der Waals surface area contributed by atoms with Gasteiger partial charge in [0.15, 0.2) is 0 Å². The average Bonchev–Trinajstić information content (AvgIpc) is 3.39. The minimum absolute atomic E-state index is 0.0598. The van der Waals surface area contributed by atoms with Crippen LogP contribution in [0.5, 0.6) is 0 Å². The van der Waals surface area contributed by atoms with Crippen molar-refractivity contribution in [1.82, 2.24) is 20.7 Å². The van der Waals surface area contributed by atoms with Crippen molar-refractivity contribution >= 4 is 23.5 Å². The lowest BCUT2D eigenvalue weighted by atomic mass is 9.82. The van der Waals surface area contributed by atoms with Gasteiger partial charge in [-0.15, -0.1) is 5.10 Å². The van der Waals surface area contributed by atoms with E-state index in [2.05, 4.69) is 20.7 Å². The Morgan fingerprint density at radius 3 is 2.64 bits per heavy atom. The first kappa shape index (κ1) is 27.3. The van der Waals surface area contributed by atoms with Crippen LogP contribution in [0, 0.1) is 11.2 Å². The number of rotatable bonds is 13. The van der Waals surface area contributed by atoms with Crippen LogP contribution in [0.25, 0.3) is 11.1 Å². The smallest absolute Gasteiger partial charge is 0.311 e. The molecule has 0 saturated carbocycles. The first-order valence-corrected chi connectivity index (χ1v) is 11.7. The van der Waals surface area contributed by atoms with Gasteiger partial charge in [-0.2, -0.15) is 0 Å². The van der Waals surface area contributed by atoms with Crippen LogP contribution in [0.3, 0.4) is 0 Å². The van der Waals surface area contributed by atoms with Crippen LogP contribution < -0.4 is 5.32 Å². The van der Waals surface area contributed by atoms with Gasteiger partial charge >= 0.3 is 5.97 Å². The molecule has 0 aliphatic heterocycles. The highest BCUT2D eigenvalue weighted by Gasteiger charge is 2.37. The van der Waals surface area contributed by atoms with Crippen LogP contribution in [-0.2, 0) is 16.0 Å². The molecule has 9 nitrogen and oxygen atoms in total. The Morgan fingerprint density at radius 2 is 2.00 bits per heavy atom. The molecule has 2 atom stereocenters. The summed E-state index contributed by atoms with van der Waals surface area (Å²) in [6.45, 7) is 1.62. The van der Waals surface area contributed by atoms with E-state index in [9.17, 15) is 19.1 Å². The van der Waals surface area contributed by atoms with Gasteiger partial charge in [0.2, 0.25) is 0 Å². The van der Waals surface area contributed by atoms with E-state index in [1.54, 1.807) is 37.3 Å². The number of ether oxygens (including phenoxy) is 1. The van der Waals surface area contributed by atoms with E-state index in [-0.39, 0.29) is 31.9 Å². The predicted octanol–water partition coefficient (Wildman–Crippen LogP) is 3.49. The Hall–Kier alpha value is -3.34. The number of H-pyrrole nitrogens is 1. The van der Waals surface area contributed by atoms with E-state index >= 15 is 0 Å². The van der Waals surface area contributed by atoms with E-state index in [1.165, 1.54) is 18.3 Å². The number of nitrogens with zero attached hydrogens (tertiary/aromatic N) is 2. The van der Waals surface area contributed by atoms with Gasteiger partial charge in [-0.1, -0.05) is 41.1 Å². The van der Waals surface area contributed by atoms with Crippen LogP contribution in [-0.4, -0.2) is 63.4 Å². The molecule has 192 valence electrons. The molecule has 0 spiro atoms. The number of aromatic amines is 1. The van der Waals surface area contributed by atoms with Crippen LogP contribution >= 0.6 is 11.6 Å². The number of halogens is 2. The average molecular weight is 519 g/mol. The number of aliphatic hydroxyl groups is 1. The number of carbonyl (C=O) groups excluding carboxylic acids is 1. The third kappa shape index (κ3) is 7.33. The van der Waals surface area contributed by atoms with Gasteiger partial charge in [-0.05, 0) is 55.5 Å². The molecule has 36 heavy (non-hydrogen) atoms. The minimum Gasteiger partial charge on any atom is -0.481 e. The number of aromatic nitrogens is 3. The Kier molecular flexibility index (Phi) is 9.51. The van der Waals surface area contributed by atoms with Crippen LogP contribution in [0.2, 0.25) is 5.02 Å². The molecule has 0 bridgehead atoms. The van der Waals surface area contributed by atoms with Crippen LogP contribution in [0.1, 0.15) is 35.8 Å². The molecule has 0 saturated heterocycles.